The summed E-state index contributed by atoms with van der Waals surface area (Å²) in [6, 6.07) is 7.49. The lowest BCUT2D eigenvalue weighted by Crippen LogP contribution is -2.22. The van der Waals surface area contributed by atoms with Gasteiger partial charge in [0.25, 0.3) is 0 Å². The first kappa shape index (κ1) is 22.5. The van der Waals surface area contributed by atoms with E-state index in [0.29, 0.717) is 25.5 Å². The lowest BCUT2D eigenvalue weighted by atomic mass is 10.1. The van der Waals surface area contributed by atoms with Crippen molar-refractivity contribution in [2.24, 2.45) is 10.7 Å². The number of halogens is 1. The van der Waals surface area contributed by atoms with E-state index < -0.39 is 0 Å². The molecule has 0 saturated heterocycles. The predicted molar refractivity (Wildman–Crippen MR) is 108 cm³/mol. The van der Waals surface area contributed by atoms with E-state index in [9.17, 15) is 4.79 Å². The fourth-order valence-electron chi connectivity index (χ4n) is 2.03. The third-order valence-corrected chi connectivity index (χ3v) is 3.24. The normalized spacial score (nSPS) is 10.7. The van der Waals surface area contributed by atoms with E-state index >= 15 is 0 Å². The van der Waals surface area contributed by atoms with Crippen molar-refractivity contribution in [3.63, 3.8) is 0 Å². The number of aliphatic imine (C=N–C) groups is 1. The number of carbonyl (C=O) groups excluding carboxylic acids is 1. The molecule has 3 N–H and O–H groups in total. The summed E-state index contributed by atoms with van der Waals surface area (Å²) in [5.41, 5.74) is 6.71. The fourth-order valence-corrected chi connectivity index (χ4v) is 2.03. The van der Waals surface area contributed by atoms with Crippen molar-refractivity contribution in [2.45, 2.75) is 39.0 Å². The van der Waals surface area contributed by atoms with Crippen LogP contribution in [0.3, 0.4) is 0 Å². The average Bonchev–Trinajstić information content (AvgIpc) is 2.55. The second-order valence-electron chi connectivity index (χ2n) is 5.09. The van der Waals surface area contributed by atoms with Gasteiger partial charge >= 0.3 is 5.97 Å². The summed E-state index contributed by atoms with van der Waals surface area (Å²) < 4.78 is 9.97. The lowest BCUT2D eigenvalue weighted by Gasteiger charge is -2.06. The molecule has 0 spiro atoms. The quantitative estimate of drug-likeness (QED) is 0.188. The molecule has 0 atom stereocenters. The van der Waals surface area contributed by atoms with Crippen LogP contribution in [-0.4, -0.2) is 32.2 Å². The molecule has 0 aliphatic carbocycles. The maximum absolute atomic E-state index is 11.2. The lowest BCUT2D eigenvalue weighted by molar-refractivity contribution is -0.143. The molecule has 1 aromatic carbocycles. The van der Waals surface area contributed by atoms with Gasteiger partial charge in [-0.05, 0) is 44.0 Å². The highest BCUT2D eigenvalue weighted by molar-refractivity contribution is 14.0. The third kappa shape index (κ3) is 10.3. The van der Waals surface area contributed by atoms with Gasteiger partial charge in [0.05, 0.1) is 13.7 Å². The van der Waals surface area contributed by atoms with Gasteiger partial charge in [0.2, 0.25) is 0 Å². The minimum atomic E-state index is -0.113. The van der Waals surface area contributed by atoms with Crippen molar-refractivity contribution in [1.82, 2.24) is 0 Å². The zero-order valence-corrected chi connectivity index (χ0v) is 16.7. The van der Waals surface area contributed by atoms with E-state index in [-0.39, 0.29) is 29.9 Å². The topological polar surface area (TPSA) is 85.9 Å². The van der Waals surface area contributed by atoms with Gasteiger partial charge in [-0.3, -0.25) is 9.79 Å². The van der Waals surface area contributed by atoms with Gasteiger partial charge in [-0.25, -0.2) is 0 Å². The van der Waals surface area contributed by atoms with Gasteiger partial charge in [-0.1, -0.05) is 12.8 Å². The van der Waals surface area contributed by atoms with Gasteiger partial charge in [0.15, 0.2) is 5.96 Å². The molecule has 0 radical (unpaired) electrons. The minimum Gasteiger partial charge on any atom is -0.497 e. The number of unbranched alkanes of at least 4 members (excludes halogenated alkanes) is 3. The van der Waals surface area contributed by atoms with Gasteiger partial charge in [-0.2, -0.15) is 0 Å². The Morgan fingerprint density at radius 2 is 1.83 bits per heavy atom. The summed E-state index contributed by atoms with van der Waals surface area (Å²) in [4.78, 5) is 15.4. The molecular weight excluding hydrogens is 421 g/mol. The van der Waals surface area contributed by atoms with E-state index in [0.717, 1.165) is 37.1 Å². The molecule has 0 bridgehead atoms. The number of nitrogens with zero attached hydrogens (tertiary/aromatic N) is 1. The fraction of sp³-hybridized carbons (Fsp3) is 0.529. The standard InChI is InChI=1S/C17H27N3O3.HI/c1-3-23-16(21)8-6-4-5-7-13-19-17(18)20-14-9-11-15(22-2)12-10-14;/h9-12H,3-8,13H2,1-2H3,(H3,18,19,20);1H. The van der Waals surface area contributed by atoms with Crippen LogP contribution < -0.4 is 15.8 Å². The molecule has 0 heterocycles. The van der Waals surface area contributed by atoms with Crippen LogP contribution in [0.5, 0.6) is 5.75 Å². The number of hydrogen-bond acceptors (Lipinski definition) is 4. The van der Waals surface area contributed by atoms with Crippen LogP contribution in [0.1, 0.15) is 39.0 Å². The summed E-state index contributed by atoms with van der Waals surface area (Å²) in [5.74, 6) is 1.09. The van der Waals surface area contributed by atoms with Crippen molar-refractivity contribution in [3.05, 3.63) is 24.3 Å². The Morgan fingerprint density at radius 1 is 1.17 bits per heavy atom. The number of anilines is 1. The highest BCUT2D eigenvalue weighted by atomic mass is 127. The second-order valence-corrected chi connectivity index (χ2v) is 5.09. The van der Waals surface area contributed by atoms with Gasteiger partial charge < -0.3 is 20.5 Å². The molecule has 0 fully saturated rings. The van der Waals surface area contributed by atoms with Crippen LogP contribution in [0.4, 0.5) is 5.69 Å². The predicted octanol–water partition coefficient (Wildman–Crippen LogP) is 3.55. The van der Waals surface area contributed by atoms with Crippen molar-refractivity contribution in [3.8, 4) is 5.75 Å². The zero-order valence-electron chi connectivity index (χ0n) is 14.4. The molecule has 136 valence electrons. The number of nitrogens with one attached hydrogen (secondary N) is 1. The number of guanidine groups is 1. The Balaban J connectivity index is 0.00000529. The molecule has 0 aliphatic rings. The van der Waals surface area contributed by atoms with Crippen molar-refractivity contribution in [2.75, 3.05) is 25.6 Å². The first-order valence-corrected chi connectivity index (χ1v) is 8.02. The number of methoxy groups -OCH3 is 1. The Morgan fingerprint density at radius 3 is 2.46 bits per heavy atom. The van der Waals surface area contributed by atoms with Crippen LogP contribution in [0.25, 0.3) is 0 Å². The molecule has 0 aliphatic heterocycles. The molecule has 0 unspecified atom stereocenters. The first-order chi connectivity index (χ1) is 11.2. The van der Waals surface area contributed by atoms with Crippen LogP contribution in [0.2, 0.25) is 0 Å². The smallest absolute Gasteiger partial charge is 0.305 e. The molecule has 0 aromatic heterocycles. The monoisotopic (exact) mass is 449 g/mol. The van der Waals surface area contributed by atoms with Crippen LogP contribution in [-0.2, 0) is 9.53 Å². The highest BCUT2D eigenvalue weighted by Gasteiger charge is 2.00. The molecule has 0 saturated carbocycles. The average molecular weight is 449 g/mol. The van der Waals surface area contributed by atoms with E-state index in [1.54, 1.807) is 7.11 Å². The van der Waals surface area contributed by atoms with Gasteiger partial charge in [0.1, 0.15) is 5.75 Å². The van der Waals surface area contributed by atoms with Crippen LogP contribution in [0, 0.1) is 0 Å². The Bertz CT molecular complexity index is 492. The Hall–Kier alpha value is -1.51. The summed E-state index contributed by atoms with van der Waals surface area (Å²) >= 11 is 0. The molecular formula is C17H28IN3O3. The van der Waals surface area contributed by atoms with Gasteiger partial charge in [-0.15, -0.1) is 24.0 Å². The second kappa shape index (κ2) is 13.9. The Labute approximate surface area is 161 Å². The van der Waals surface area contributed by atoms with E-state index in [2.05, 4.69) is 10.3 Å². The van der Waals surface area contributed by atoms with Crippen molar-refractivity contribution < 1.29 is 14.3 Å². The third-order valence-electron chi connectivity index (χ3n) is 3.24. The molecule has 6 nitrogen and oxygen atoms in total. The summed E-state index contributed by atoms with van der Waals surface area (Å²) in [6.07, 6.45) is 4.34. The van der Waals surface area contributed by atoms with Crippen molar-refractivity contribution >= 4 is 41.6 Å². The summed E-state index contributed by atoms with van der Waals surface area (Å²) in [5, 5.41) is 3.04. The number of carbonyl (C=O) groups is 1. The molecule has 7 heteroatoms. The number of benzene rings is 1. The molecule has 1 aromatic rings. The molecule has 0 amide bonds. The first-order valence-electron chi connectivity index (χ1n) is 8.02. The number of rotatable bonds is 10. The summed E-state index contributed by atoms with van der Waals surface area (Å²) in [7, 11) is 1.63. The molecule has 1 rings (SSSR count). The van der Waals surface area contributed by atoms with E-state index in [1.165, 1.54) is 0 Å². The maximum Gasteiger partial charge on any atom is 0.305 e. The largest absolute Gasteiger partial charge is 0.497 e. The highest BCUT2D eigenvalue weighted by Crippen LogP contribution is 2.14. The number of ether oxygens (including phenoxy) is 2. The van der Waals surface area contributed by atoms with E-state index in [4.69, 9.17) is 15.2 Å². The number of hydrogen-bond donors (Lipinski definition) is 2. The van der Waals surface area contributed by atoms with Crippen LogP contribution >= 0.6 is 24.0 Å². The van der Waals surface area contributed by atoms with Crippen LogP contribution in [0.15, 0.2) is 29.3 Å². The minimum absolute atomic E-state index is 0. The zero-order chi connectivity index (χ0) is 16.9. The molecule has 24 heavy (non-hydrogen) atoms. The van der Waals surface area contributed by atoms with Gasteiger partial charge in [0, 0.05) is 18.7 Å². The number of esters is 1. The van der Waals surface area contributed by atoms with E-state index in [1.807, 2.05) is 31.2 Å². The SMILES string of the molecule is CCOC(=O)CCCCCCN=C(N)Nc1ccc(OC)cc1.I. The summed E-state index contributed by atoms with van der Waals surface area (Å²) in [6.45, 7) is 2.95. The maximum atomic E-state index is 11.2. The Kier molecular flexibility index (Phi) is 13.0. The van der Waals surface area contributed by atoms with Crippen molar-refractivity contribution in [1.29, 1.82) is 0 Å². The number of nitrogens with two attached hydrogens (primary N) is 1.